The molecule has 3 unspecified atom stereocenters. The number of hydrogen-bond donors (Lipinski definition) is 2. The zero-order valence-electron chi connectivity index (χ0n) is 15.2. The number of hydrogen-bond acceptors (Lipinski definition) is 3. The predicted molar refractivity (Wildman–Crippen MR) is 102 cm³/mol. The lowest BCUT2D eigenvalue weighted by molar-refractivity contribution is -0.127. The summed E-state index contributed by atoms with van der Waals surface area (Å²) in [5.41, 5.74) is 3.21. The molecule has 6 heteroatoms. The molecule has 1 aromatic rings. The molecule has 138 valence electrons. The van der Waals surface area contributed by atoms with Crippen LogP contribution >= 0.6 is 12.4 Å². The summed E-state index contributed by atoms with van der Waals surface area (Å²) in [7, 11) is 0. The van der Waals surface area contributed by atoms with E-state index in [1.807, 2.05) is 32.0 Å². The zero-order valence-corrected chi connectivity index (χ0v) is 16.0. The Morgan fingerprint density at radius 2 is 2.08 bits per heavy atom. The number of piperidine rings is 1. The second-order valence-electron chi connectivity index (χ2n) is 7.21. The highest BCUT2D eigenvalue weighted by Crippen LogP contribution is 2.29. The van der Waals surface area contributed by atoms with Gasteiger partial charge in [0.1, 0.15) is 0 Å². The van der Waals surface area contributed by atoms with E-state index in [4.69, 9.17) is 0 Å². The van der Waals surface area contributed by atoms with Gasteiger partial charge in [0.15, 0.2) is 0 Å². The van der Waals surface area contributed by atoms with Crippen molar-refractivity contribution in [2.24, 2.45) is 11.8 Å². The largest absolute Gasteiger partial charge is 0.353 e. The summed E-state index contributed by atoms with van der Waals surface area (Å²) in [5, 5.41) is 6.51. The summed E-state index contributed by atoms with van der Waals surface area (Å²) in [6, 6.07) is 6.19. The Labute approximate surface area is 155 Å². The Kier molecular flexibility index (Phi) is 6.47. The molecule has 0 bridgehead atoms. The van der Waals surface area contributed by atoms with Crippen molar-refractivity contribution in [2.45, 2.75) is 39.7 Å². The lowest BCUT2D eigenvalue weighted by atomic mass is 9.94. The first kappa shape index (κ1) is 19.7. The number of halogens is 1. The van der Waals surface area contributed by atoms with Crippen molar-refractivity contribution < 1.29 is 9.59 Å². The summed E-state index contributed by atoms with van der Waals surface area (Å²) in [4.78, 5) is 26.8. The Balaban J connectivity index is 0.00000225. The Morgan fingerprint density at radius 1 is 1.32 bits per heavy atom. The fraction of sp³-hybridized carbons (Fsp3) is 0.579. The van der Waals surface area contributed by atoms with Crippen LogP contribution in [-0.2, 0) is 9.59 Å². The molecule has 2 aliphatic heterocycles. The molecule has 3 atom stereocenters. The summed E-state index contributed by atoms with van der Waals surface area (Å²) in [6.07, 6.45) is 1.26. The summed E-state index contributed by atoms with van der Waals surface area (Å²) in [6.45, 7) is 8.58. The number of rotatable bonds is 3. The average Bonchev–Trinajstić information content (AvgIpc) is 2.94. The molecule has 5 nitrogen and oxygen atoms in total. The molecule has 2 heterocycles. The highest BCUT2D eigenvalue weighted by molar-refractivity contribution is 6.01. The van der Waals surface area contributed by atoms with E-state index < -0.39 is 0 Å². The third kappa shape index (κ3) is 4.15. The molecule has 0 aromatic heterocycles. The molecule has 2 amide bonds. The lowest BCUT2D eigenvalue weighted by Crippen LogP contribution is -2.50. The normalized spacial score (nSPS) is 26.3. The number of aryl methyl sites for hydroxylation is 1. The number of amides is 2. The molecular formula is C19H28ClN3O2. The van der Waals surface area contributed by atoms with Crippen molar-refractivity contribution in [1.82, 2.24) is 10.6 Å². The highest BCUT2D eigenvalue weighted by Gasteiger charge is 2.37. The first-order chi connectivity index (χ1) is 11.5. The van der Waals surface area contributed by atoms with Gasteiger partial charge in [0.25, 0.3) is 0 Å². The average molecular weight is 366 g/mol. The maximum Gasteiger partial charge on any atom is 0.227 e. The molecular weight excluding hydrogens is 338 g/mol. The highest BCUT2D eigenvalue weighted by atomic mass is 35.5. The van der Waals surface area contributed by atoms with E-state index in [-0.39, 0.29) is 36.2 Å². The van der Waals surface area contributed by atoms with Crippen LogP contribution in [0.1, 0.15) is 30.9 Å². The van der Waals surface area contributed by atoms with Gasteiger partial charge >= 0.3 is 0 Å². The molecule has 3 rings (SSSR count). The van der Waals surface area contributed by atoms with E-state index >= 15 is 0 Å². The molecule has 2 fully saturated rings. The molecule has 25 heavy (non-hydrogen) atoms. The molecule has 0 radical (unpaired) electrons. The minimum absolute atomic E-state index is 0. The number of nitrogens with zero attached hydrogens (tertiary/aromatic N) is 1. The number of carbonyl (C=O) groups is 2. The van der Waals surface area contributed by atoms with Gasteiger partial charge < -0.3 is 15.5 Å². The Bertz CT molecular complexity index is 650. The summed E-state index contributed by atoms with van der Waals surface area (Å²) in [5.74, 6) is 0.242. The molecule has 2 N–H and O–H groups in total. The van der Waals surface area contributed by atoms with Gasteiger partial charge in [-0.05, 0) is 56.5 Å². The number of benzene rings is 1. The second-order valence-corrected chi connectivity index (χ2v) is 7.21. The third-order valence-electron chi connectivity index (χ3n) is 5.48. The fourth-order valence-electron chi connectivity index (χ4n) is 3.67. The standard InChI is InChI=1S/C19H27N3O2.ClH/c1-12-5-4-6-17(14(12)3)22-11-15(9-18(22)23)19(24)21-16-7-8-20-10-13(16)2;/h4-6,13,15-16,20H,7-11H2,1-3H3,(H,21,24);1H. The van der Waals surface area contributed by atoms with Gasteiger partial charge in [-0.15, -0.1) is 12.4 Å². The quantitative estimate of drug-likeness (QED) is 0.863. The number of carbonyl (C=O) groups excluding carboxylic acids is 2. The topological polar surface area (TPSA) is 61.4 Å². The fourth-order valence-corrected chi connectivity index (χ4v) is 3.67. The van der Waals surface area contributed by atoms with E-state index in [1.54, 1.807) is 4.90 Å². The van der Waals surface area contributed by atoms with Crippen molar-refractivity contribution in [2.75, 3.05) is 24.5 Å². The summed E-state index contributed by atoms with van der Waals surface area (Å²) >= 11 is 0. The number of nitrogens with one attached hydrogen (secondary N) is 2. The Hall–Kier alpha value is -1.59. The van der Waals surface area contributed by atoms with E-state index in [2.05, 4.69) is 17.6 Å². The minimum atomic E-state index is -0.250. The third-order valence-corrected chi connectivity index (χ3v) is 5.48. The smallest absolute Gasteiger partial charge is 0.227 e. The molecule has 2 aliphatic rings. The van der Waals surface area contributed by atoms with Crippen LogP contribution < -0.4 is 15.5 Å². The van der Waals surface area contributed by atoms with Crippen LogP contribution in [0.25, 0.3) is 0 Å². The van der Waals surface area contributed by atoms with Crippen LogP contribution in [0, 0.1) is 25.7 Å². The first-order valence-corrected chi connectivity index (χ1v) is 8.85. The SMILES string of the molecule is Cc1cccc(N2CC(C(=O)NC3CCNCC3C)CC2=O)c1C.Cl. The Morgan fingerprint density at radius 3 is 2.80 bits per heavy atom. The van der Waals surface area contributed by atoms with Gasteiger partial charge in [0.2, 0.25) is 11.8 Å². The summed E-state index contributed by atoms with van der Waals surface area (Å²) < 4.78 is 0. The van der Waals surface area contributed by atoms with E-state index in [9.17, 15) is 9.59 Å². The van der Waals surface area contributed by atoms with Crippen LogP contribution in [0.5, 0.6) is 0 Å². The van der Waals surface area contributed by atoms with Crippen LogP contribution in [-0.4, -0.2) is 37.5 Å². The molecule has 0 aliphatic carbocycles. The first-order valence-electron chi connectivity index (χ1n) is 8.85. The van der Waals surface area contributed by atoms with Crippen molar-refractivity contribution >= 4 is 29.9 Å². The van der Waals surface area contributed by atoms with Crippen LogP contribution in [0.2, 0.25) is 0 Å². The van der Waals surface area contributed by atoms with Crippen molar-refractivity contribution in [3.63, 3.8) is 0 Å². The van der Waals surface area contributed by atoms with Crippen molar-refractivity contribution in [3.8, 4) is 0 Å². The van der Waals surface area contributed by atoms with Gasteiger partial charge in [-0.3, -0.25) is 9.59 Å². The minimum Gasteiger partial charge on any atom is -0.353 e. The molecule has 0 saturated carbocycles. The van der Waals surface area contributed by atoms with Gasteiger partial charge in [-0.25, -0.2) is 0 Å². The maximum atomic E-state index is 12.6. The van der Waals surface area contributed by atoms with Gasteiger partial charge in [-0.1, -0.05) is 19.1 Å². The zero-order chi connectivity index (χ0) is 17.3. The molecule has 1 aromatic carbocycles. The number of anilines is 1. The van der Waals surface area contributed by atoms with E-state index in [0.717, 1.165) is 36.3 Å². The molecule has 2 saturated heterocycles. The van der Waals surface area contributed by atoms with E-state index in [0.29, 0.717) is 18.9 Å². The van der Waals surface area contributed by atoms with Gasteiger partial charge in [0.05, 0.1) is 5.92 Å². The second kappa shape index (κ2) is 8.19. The van der Waals surface area contributed by atoms with Gasteiger partial charge in [-0.2, -0.15) is 0 Å². The van der Waals surface area contributed by atoms with Crippen LogP contribution in [0.15, 0.2) is 18.2 Å². The van der Waals surface area contributed by atoms with Gasteiger partial charge in [0, 0.05) is 24.7 Å². The van der Waals surface area contributed by atoms with Crippen LogP contribution in [0.3, 0.4) is 0 Å². The monoisotopic (exact) mass is 365 g/mol. The lowest BCUT2D eigenvalue weighted by Gasteiger charge is -2.31. The molecule has 0 spiro atoms. The van der Waals surface area contributed by atoms with E-state index in [1.165, 1.54) is 0 Å². The van der Waals surface area contributed by atoms with Crippen molar-refractivity contribution in [3.05, 3.63) is 29.3 Å². The van der Waals surface area contributed by atoms with Crippen LogP contribution in [0.4, 0.5) is 5.69 Å². The predicted octanol–water partition coefficient (Wildman–Crippen LogP) is 2.19. The van der Waals surface area contributed by atoms with Crippen molar-refractivity contribution in [1.29, 1.82) is 0 Å². The maximum absolute atomic E-state index is 12.6.